The van der Waals surface area contributed by atoms with Gasteiger partial charge in [-0.05, 0) is 0 Å². The first kappa shape index (κ1) is 23.0. The Morgan fingerprint density at radius 1 is 1.31 bits per heavy atom. The van der Waals surface area contributed by atoms with E-state index < -0.39 is 17.0 Å². The van der Waals surface area contributed by atoms with Crippen LogP contribution in [-0.2, 0) is 9.59 Å². The standard InChI is InChI=1S/C2H2O4.FHO.K.HNO3/c3-1(4)2(5)6;1-2;;2-1(3)4/h(H,3,4)(H,5,6);2H;;(H,2,3,4)/q;;+1;/p-1. The minimum atomic E-state index is -2.07. The first-order chi connectivity index (χ1) is 5.37. The van der Waals surface area contributed by atoms with Crippen LogP contribution in [0, 0.1) is 10.1 Å². The van der Waals surface area contributed by atoms with Crippen LogP contribution in [0.2, 0.25) is 0 Å². The number of carboxylic acid groups (broad SMARTS) is 2. The van der Waals surface area contributed by atoms with E-state index in [1.54, 1.807) is 0 Å². The van der Waals surface area contributed by atoms with Gasteiger partial charge in [-0.25, -0.2) is 10.1 Å². The molecule has 0 rings (SSSR count). The molecule has 0 amide bonds. The third-order valence-electron chi connectivity index (χ3n) is 0.175. The SMILES string of the molecule is O=C([O-])C(=O)O.O=[N+]([O-])O.OF.[K+]. The Bertz CT molecular complexity index is 144. The first-order valence-corrected chi connectivity index (χ1v) is 1.82. The van der Waals surface area contributed by atoms with E-state index in [-0.39, 0.29) is 51.4 Å². The van der Waals surface area contributed by atoms with E-state index in [1.165, 1.54) is 0 Å². The molecule has 0 heterocycles. The molecule has 0 aliphatic carbocycles. The molecule has 11 heteroatoms. The number of nitrogens with zero attached hydrogens (tertiary/aromatic N) is 1. The van der Waals surface area contributed by atoms with Crippen LogP contribution < -0.4 is 56.5 Å². The molecule has 0 saturated carbocycles. The van der Waals surface area contributed by atoms with E-state index in [2.05, 4.69) is 0 Å². The van der Waals surface area contributed by atoms with E-state index in [9.17, 15) is 0 Å². The Balaban J connectivity index is -0.0000000512. The number of carboxylic acids is 2. The molecule has 0 aliphatic rings. The van der Waals surface area contributed by atoms with Crippen molar-refractivity contribution in [2.45, 2.75) is 0 Å². The monoisotopic (exact) mass is 227 g/mol. The normalized spacial score (nSPS) is 5.69. The molecule has 0 saturated heterocycles. The Morgan fingerprint density at radius 3 is 1.38 bits per heavy atom. The molecular weight excluding hydrogens is 224 g/mol. The van der Waals surface area contributed by atoms with Gasteiger partial charge in [0.15, 0.2) is 5.97 Å². The minimum absolute atomic E-state index is 0. The van der Waals surface area contributed by atoms with Crippen LogP contribution in [-0.4, -0.2) is 32.7 Å². The zero-order valence-electron chi connectivity index (χ0n) is 6.21. The van der Waals surface area contributed by atoms with Gasteiger partial charge in [-0.3, -0.25) is 0 Å². The second-order valence-corrected chi connectivity index (χ2v) is 0.830. The van der Waals surface area contributed by atoms with Gasteiger partial charge in [0.2, 0.25) is 0 Å². The quantitative estimate of drug-likeness (QED) is 0.159. The predicted molar refractivity (Wildman–Crippen MR) is 24.8 cm³/mol. The fourth-order valence-electron chi connectivity index (χ4n) is 0. The zero-order chi connectivity index (χ0) is 10.7. The maximum Gasteiger partial charge on any atom is 1.00 e. The van der Waals surface area contributed by atoms with Crippen molar-refractivity contribution in [2.75, 3.05) is 0 Å². The molecule has 0 aromatic carbocycles. The Kier molecular flexibility index (Phi) is 31.2. The van der Waals surface area contributed by atoms with Crippen molar-refractivity contribution in [1.82, 2.24) is 0 Å². The van der Waals surface area contributed by atoms with Crippen LogP contribution in [0.3, 0.4) is 0 Å². The second kappa shape index (κ2) is 17.7. The van der Waals surface area contributed by atoms with Crippen LogP contribution in [0.25, 0.3) is 0 Å². The van der Waals surface area contributed by atoms with Gasteiger partial charge in [-0.15, -0.1) is 10.1 Å². The Morgan fingerprint density at radius 2 is 1.38 bits per heavy atom. The van der Waals surface area contributed by atoms with Gasteiger partial charge in [-0.2, -0.15) is 0 Å². The van der Waals surface area contributed by atoms with Gasteiger partial charge >= 0.3 is 57.4 Å². The van der Waals surface area contributed by atoms with E-state index >= 15 is 0 Å². The van der Waals surface area contributed by atoms with Gasteiger partial charge in [0.25, 0.3) is 5.09 Å². The average Bonchev–Trinajstić information content (AvgIpc) is 1.90. The number of hydrogen-bond acceptors (Lipinski definition) is 6. The summed E-state index contributed by atoms with van der Waals surface area (Å²) in [5.74, 6) is -4.01. The van der Waals surface area contributed by atoms with Crippen molar-refractivity contribution in [3.63, 3.8) is 0 Å². The van der Waals surface area contributed by atoms with Crippen molar-refractivity contribution in [2.24, 2.45) is 0 Å². The number of aliphatic carboxylic acids is 2. The molecule has 0 unspecified atom stereocenters. The second-order valence-electron chi connectivity index (χ2n) is 0.830. The summed E-state index contributed by atoms with van der Waals surface area (Å²) in [6.07, 6.45) is 0. The summed E-state index contributed by atoms with van der Waals surface area (Å²) in [5.41, 5.74) is 0. The summed E-state index contributed by atoms with van der Waals surface area (Å²) in [5, 5.41) is 35.5. The molecule has 0 spiro atoms. The van der Waals surface area contributed by atoms with Gasteiger partial charge in [0.1, 0.15) is 0 Å². The van der Waals surface area contributed by atoms with Crippen LogP contribution in [0.15, 0.2) is 0 Å². The van der Waals surface area contributed by atoms with Crippen molar-refractivity contribution in [3.8, 4) is 0 Å². The maximum absolute atomic E-state index is 9.04. The molecule has 0 radical (unpaired) electrons. The summed E-state index contributed by atoms with van der Waals surface area (Å²) in [7, 11) is 0. The van der Waals surface area contributed by atoms with Crippen molar-refractivity contribution >= 4 is 11.9 Å². The molecular formula is C2H3FKNO8. The fraction of sp³-hybridized carbons (Fsp3) is 0. The predicted octanol–water partition coefficient (Wildman–Crippen LogP) is -5.66. The fourth-order valence-corrected chi connectivity index (χ4v) is 0. The van der Waals surface area contributed by atoms with Gasteiger partial charge in [-0.1, -0.05) is 4.53 Å². The van der Waals surface area contributed by atoms with Crippen LogP contribution in [0.1, 0.15) is 0 Å². The molecule has 0 aliphatic heterocycles. The van der Waals surface area contributed by atoms with Gasteiger partial charge in [0.05, 0.1) is 0 Å². The number of rotatable bonds is 0. The Hall–Kier alpha value is -0.334. The molecule has 3 N–H and O–H groups in total. The topological polar surface area (TPSA) is 161 Å². The Labute approximate surface area is 112 Å². The average molecular weight is 227 g/mol. The molecule has 72 valence electrons. The summed E-state index contributed by atoms with van der Waals surface area (Å²) >= 11 is 0. The molecule has 0 aromatic rings. The van der Waals surface area contributed by atoms with Crippen molar-refractivity contribution in [3.05, 3.63) is 10.1 Å². The molecule has 0 fully saturated rings. The summed E-state index contributed by atoms with van der Waals surface area (Å²) in [4.78, 5) is 26.4. The number of carbonyl (C=O) groups is 2. The van der Waals surface area contributed by atoms with Gasteiger partial charge < -0.3 is 20.2 Å². The summed E-state index contributed by atoms with van der Waals surface area (Å²) < 4.78 is 8.50. The largest absolute Gasteiger partial charge is 1.00 e. The van der Waals surface area contributed by atoms with Crippen molar-refractivity contribution < 1.29 is 91.3 Å². The number of halogens is 1. The zero-order valence-corrected chi connectivity index (χ0v) is 9.33. The first-order valence-electron chi connectivity index (χ1n) is 1.82. The molecule has 13 heavy (non-hydrogen) atoms. The molecule has 0 bridgehead atoms. The van der Waals surface area contributed by atoms with Crippen molar-refractivity contribution in [1.29, 1.82) is 0 Å². The number of carbonyl (C=O) groups excluding carboxylic acids is 1. The number of hydrogen-bond donors (Lipinski definition) is 3. The smallest absolute Gasteiger partial charge is 0.539 e. The molecule has 0 aromatic heterocycles. The van der Waals surface area contributed by atoms with Gasteiger partial charge in [0, 0.05) is 0 Å². The summed E-state index contributed by atoms with van der Waals surface area (Å²) in [6, 6.07) is 0. The van der Waals surface area contributed by atoms with Crippen LogP contribution in [0.5, 0.6) is 0 Å². The minimum Gasteiger partial charge on any atom is -0.539 e. The molecule has 9 nitrogen and oxygen atoms in total. The van der Waals surface area contributed by atoms with E-state index in [1.807, 2.05) is 0 Å². The summed E-state index contributed by atoms with van der Waals surface area (Å²) in [6.45, 7) is 0. The van der Waals surface area contributed by atoms with Crippen LogP contribution in [0.4, 0.5) is 4.53 Å². The van der Waals surface area contributed by atoms with E-state index in [0.717, 1.165) is 0 Å². The van der Waals surface area contributed by atoms with E-state index in [0.29, 0.717) is 0 Å². The third-order valence-corrected chi connectivity index (χ3v) is 0.175. The maximum atomic E-state index is 9.04. The third kappa shape index (κ3) is 81.1. The van der Waals surface area contributed by atoms with Crippen LogP contribution >= 0.6 is 0 Å². The van der Waals surface area contributed by atoms with E-state index in [4.69, 9.17) is 45.0 Å². The molecule has 0 atom stereocenters.